The predicted molar refractivity (Wildman–Crippen MR) is 144 cm³/mol. The number of hydrogen-bond acceptors (Lipinski definition) is 12. The van der Waals surface area contributed by atoms with Crippen LogP contribution in [0.5, 0.6) is 58.0 Å². The molecule has 0 saturated heterocycles. The molecular formula is C28H20N4O10. The van der Waals surface area contributed by atoms with E-state index < -0.39 is 21.2 Å². The molecule has 0 fully saturated rings. The van der Waals surface area contributed by atoms with E-state index in [0.29, 0.717) is 37.6 Å². The van der Waals surface area contributed by atoms with Crippen LogP contribution in [-0.2, 0) is 0 Å². The first-order chi connectivity index (χ1) is 20.4. The molecule has 0 radical (unpaired) electrons. The number of rotatable bonds is 2. The molecule has 14 nitrogen and oxygen atoms in total. The normalized spacial score (nSPS) is 14.6. The maximum Gasteiger partial charge on any atom is 0.331 e. The molecule has 0 N–H and O–H groups in total. The Morgan fingerprint density at radius 3 is 1.33 bits per heavy atom. The molecule has 0 unspecified atom stereocenters. The van der Waals surface area contributed by atoms with E-state index in [1.807, 2.05) is 12.2 Å². The molecule has 0 atom stereocenters. The lowest BCUT2D eigenvalue weighted by Crippen LogP contribution is -2.01. The fourth-order valence-electron chi connectivity index (χ4n) is 4.06. The molecule has 5 heterocycles. The van der Waals surface area contributed by atoms with Gasteiger partial charge >= 0.3 is 23.1 Å². The minimum Gasteiger partial charge on any atom is -0.493 e. The topological polar surface area (TPSA) is 167 Å². The van der Waals surface area contributed by atoms with Crippen LogP contribution in [0.15, 0.2) is 72.8 Å². The van der Waals surface area contributed by atoms with E-state index in [4.69, 9.17) is 28.4 Å². The first-order valence-corrected chi connectivity index (χ1v) is 12.6. The second-order valence-electron chi connectivity index (χ2n) is 8.90. The summed E-state index contributed by atoms with van der Waals surface area (Å²) in [5, 5.41) is 23.6. The highest BCUT2D eigenvalue weighted by Crippen LogP contribution is 2.40. The lowest BCUT2D eigenvalue weighted by Gasteiger charge is -2.15. The third-order valence-corrected chi connectivity index (χ3v) is 5.88. The van der Waals surface area contributed by atoms with Crippen LogP contribution in [0, 0.1) is 20.2 Å². The number of nitro groups is 2. The first-order valence-electron chi connectivity index (χ1n) is 12.6. The third-order valence-electron chi connectivity index (χ3n) is 5.88. The van der Waals surface area contributed by atoms with Crippen LogP contribution in [0.3, 0.4) is 0 Å². The molecule has 7 rings (SSSR count). The second-order valence-corrected chi connectivity index (χ2v) is 8.90. The van der Waals surface area contributed by atoms with Gasteiger partial charge in [0.05, 0.1) is 23.1 Å². The summed E-state index contributed by atoms with van der Waals surface area (Å²) in [4.78, 5) is 30.7. The molecule has 2 aromatic carbocycles. The highest BCUT2D eigenvalue weighted by atomic mass is 16.6. The molecular weight excluding hydrogens is 552 g/mol. The maximum atomic E-state index is 11.8. The van der Waals surface area contributed by atoms with Crippen LogP contribution in [0.25, 0.3) is 0 Å². The average molecular weight is 572 g/mol. The van der Waals surface area contributed by atoms with Gasteiger partial charge in [-0.15, -0.1) is 0 Å². The monoisotopic (exact) mass is 572 g/mol. The van der Waals surface area contributed by atoms with E-state index in [0.717, 1.165) is 0 Å². The summed E-state index contributed by atoms with van der Waals surface area (Å²) in [7, 11) is 0. The Morgan fingerprint density at radius 1 is 0.548 bits per heavy atom. The molecule has 0 aliphatic carbocycles. The van der Waals surface area contributed by atoms with Crippen molar-refractivity contribution in [2.24, 2.45) is 0 Å². The van der Waals surface area contributed by atoms with Gasteiger partial charge in [-0.25, -0.2) is 0 Å². The summed E-state index contributed by atoms with van der Waals surface area (Å²) in [5.74, 6) is 0.442. The van der Waals surface area contributed by atoms with Crippen LogP contribution < -0.4 is 28.4 Å². The van der Waals surface area contributed by atoms with E-state index >= 15 is 0 Å². The number of aromatic nitrogens is 2. The van der Waals surface area contributed by atoms with Crippen molar-refractivity contribution in [3.05, 3.63) is 93.0 Å². The molecule has 0 amide bonds. The molecule has 14 heteroatoms. The van der Waals surface area contributed by atoms with Crippen molar-refractivity contribution in [3.63, 3.8) is 0 Å². The van der Waals surface area contributed by atoms with E-state index in [9.17, 15) is 20.2 Å². The smallest absolute Gasteiger partial charge is 0.331 e. The number of pyridine rings is 2. The molecule has 4 aromatic rings. The summed E-state index contributed by atoms with van der Waals surface area (Å²) >= 11 is 0. The fourth-order valence-corrected chi connectivity index (χ4v) is 4.06. The van der Waals surface area contributed by atoms with E-state index in [-0.39, 0.29) is 46.5 Å². The standard InChI is InChI=1S/C28H20N4O10/c33-31(34)23-6-8-26-30-27(23)41-21-13-17-11-19(15-21)39-25-7-5-24(32(35)36)28(29-25)42-22-14-18(12-20(16-22)40-26)38-10-4-2-1-3-9-37-17/h1-2,5-8,11-16H,3-4,9-10H2/b2-1-. The molecule has 0 spiro atoms. The highest BCUT2D eigenvalue weighted by molar-refractivity contribution is 5.52. The van der Waals surface area contributed by atoms with Gasteiger partial charge in [0.15, 0.2) is 0 Å². The van der Waals surface area contributed by atoms with Gasteiger partial charge in [0.2, 0.25) is 11.8 Å². The van der Waals surface area contributed by atoms with Crippen molar-refractivity contribution in [3.8, 4) is 58.0 Å². The van der Waals surface area contributed by atoms with Crippen molar-refractivity contribution in [2.45, 2.75) is 12.8 Å². The SMILES string of the molecule is O=[N+]([O-])c1ccc2nc1Oc1cc3cc(c1)Oc1ccc([N+](=O)[O-])c(n1)Oc1cc(cc(c1)O2)OCC/C=C\CCO3. The van der Waals surface area contributed by atoms with Crippen molar-refractivity contribution < 1.29 is 38.3 Å². The second kappa shape index (κ2) is 11.3. The first kappa shape index (κ1) is 26.3. The minimum atomic E-state index is -0.632. The van der Waals surface area contributed by atoms with Crippen molar-refractivity contribution in [1.82, 2.24) is 9.97 Å². The lowest BCUT2D eigenvalue weighted by molar-refractivity contribution is -0.386. The summed E-state index contributed by atoms with van der Waals surface area (Å²) < 4.78 is 35.3. The van der Waals surface area contributed by atoms with Gasteiger partial charge in [0, 0.05) is 60.7 Å². The van der Waals surface area contributed by atoms with Gasteiger partial charge in [0.25, 0.3) is 0 Å². The number of ether oxygens (including phenoxy) is 6. The third kappa shape index (κ3) is 5.96. The summed E-state index contributed by atoms with van der Waals surface area (Å²) in [6, 6.07) is 14.0. The van der Waals surface area contributed by atoms with Crippen molar-refractivity contribution in [1.29, 1.82) is 0 Å². The largest absolute Gasteiger partial charge is 0.493 e. The van der Waals surface area contributed by atoms with Crippen molar-refractivity contribution >= 4 is 11.4 Å². The molecule has 2 aromatic heterocycles. The van der Waals surface area contributed by atoms with Crippen LogP contribution >= 0.6 is 0 Å². The average Bonchev–Trinajstić information content (AvgIpc) is 2.93. The minimum absolute atomic E-state index is 0.0402. The fraction of sp³-hybridized carbons (Fsp3) is 0.143. The number of benzene rings is 2. The Hall–Kier alpha value is -5.92. The van der Waals surface area contributed by atoms with Gasteiger partial charge in [-0.05, 0) is 12.8 Å². The Balaban J connectivity index is 1.57. The Labute approximate surface area is 237 Å². The van der Waals surface area contributed by atoms with E-state index in [1.54, 1.807) is 12.1 Å². The molecule has 3 aliphatic rings. The van der Waals surface area contributed by atoms with Gasteiger partial charge in [0.1, 0.15) is 34.5 Å². The van der Waals surface area contributed by atoms with Crippen LogP contribution in [0.4, 0.5) is 11.4 Å². The number of fused-ring (bicyclic) bond motifs is 6. The Kier molecular flexibility index (Phi) is 7.07. The van der Waals surface area contributed by atoms with Crippen molar-refractivity contribution in [2.75, 3.05) is 13.2 Å². The Bertz CT molecular complexity index is 1600. The molecule has 0 saturated carbocycles. The molecule has 42 heavy (non-hydrogen) atoms. The number of hydrogen-bond donors (Lipinski definition) is 0. The summed E-state index contributed by atoms with van der Waals surface area (Å²) in [6.45, 7) is 0.613. The summed E-state index contributed by atoms with van der Waals surface area (Å²) in [5.41, 5.74) is -0.813. The van der Waals surface area contributed by atoms with E-state index in [2.05, 4.69) is 9.97 Å². The quantitative estimate of drug-likeness (QED) is 0.122. The Morgan fingerprint density at radius 2 is 0.929 bits per heavy atom. The zero-order valence-electron chi connectivity index (χ0n) is 21.6. The molecule has 212 valence electrons. The van der Waals surface area contributed by atoms with Gasteiger partial charge < -0.3 is 28.4 Å². The lowest BCUT2D eigenvalue weighted by atomic mass is 10.3. The van der Waals surface area contributed by atoms with Crippen LogP contribution in [0.2, 0.25) is 0 Å². The molecule has 10 bridgehead atoms. The van der Waals surface area contributed by atoms with Gasteiger partial charge in [-0.1, -0.05) is 12.2 Å². The summed E-state index contributed by atoms with van der Waals surface area (Å²) in [6.07, 6.45) is 5.07. The maximum absolute atomic E-state index is 11.8. The highest BCUT2D eigenvalue weighted by Gasteiger charge is 2.23. The van der Waals surface area contributed by atoms with Gasteiger partial charge in [-0.3, -0.25) is 20.2 Å². The number of nitrogens with zero attached hydrogens (tertiary/aromatic N) is 4. The van der Waals surface area contributed by atoms with Crippen LogP contribution in [-0.4, -0.2) is 33.0 Å². The zero-order valence-corrected chi connectivity index (χ0v) is 21.6. The molecule has 3 aliphatic heterocycles. The van der Waals surface area contributed by atoms with Gasteiger partial charge in [-0.2, -0.15) is 9.97 Å². The predicted octanol–water partition coefficient (Wildman–Crippen LogP) is 6.88. The van der Waals surface area contributed by atoms with Crippen LogP contribution in [0.1, 0.15) is 12.8 Å². The van der Waals surface area contributed by atoms with E-state index in [1.165, 1.54) is 48.5 Å². The zero-order chi connectivity index (χ0) is 29.1.